The molecule has 3 aliphatic heterocycles. The number of carbonyl (C=O) groups excluding carboxylic acids is 7. The molecule has 15 nitrogen and oxygen atoms in total. The molecule has 3 heterocycles. The first-order chi connectivity index (χ1) is 45.7. The number of unbranched alkanes of at least 4 members (excludes halogenated alkanes) is 8. The molecule has 94 heavy (non-hydrogen) atoms. The van der Waals surface area contributed by atoms with Crippen LogP contribution in [0.1, 0.15) is 258 Å². The first-order valence-corrected chi connectivity index (χ1v) is 35.2. The van der Waals surface area contributed by atoms with Crippen molar-refractivity contribution in [2.75, 3.05) is 40.5 Å². The van der Waals surface area contributed by atoms with Gasteiger partial charge in [-0.15, -0.1) is 0 Å². The number of hydrogen-bond acceptors (Lipinski definition) is 12. The van der Waals surface area contributed by atoms with E-state index in [1.165, 1.54) is 66.8 Å². The third-order valence-corrected chi connectivity index (χ3v) is 19.4. The average Bonchev–Trinajstić information content (AvgIpc) is 0.753. The van der Waals surface area contributed by atoms with E-state index >= 15 is 0 Å². The van der Waals surface area contributed by atoms with Gasteiger partial charge in [0.15, 0.2) is 0 Å². The summed E-state index contributed by atoms with van der Waals surface area (Å²) in [5.74, 6) is 1.64. The molecule has 6 aromatic carbocycles. The molecule has 6 amide bonds. The van der Waals surface area contributed by atoms with Crippen molar-refractivity contribution in [1.29, 1.82) is 0 Å². The molecule has 0 N–H and O–H groups in total. The Balaban J connectivity index is 0.000000181. The predicted octanol–water partition coefficient (Wildman–Crippen LogP) is 18.5. The second-order valence-electron chi connectivity index (χ2n) is 25.7. The highest BCUT2D eigenvalue weighted by Gasteiger charge is 2.39. The maximum atomic E-state index is 13.5. The molecule has 3 unspecified atom stereocenters. The molecule has 0 saturated heterocycles. The van der Waals surface area contributed by atoms with Crippen LogP contribution in [-0.4, -0.2) is 103 Å². The van der Waals surface area contributed by atoms with Crippen molar-refractivity contribution in [3.8, 4) is 28.7 Å². The Morgan fingerprint density at radius 2 is 0.830 bits per heavy atom. The van der Waals surface area contributed by atoms with Crippen LogP contribution in [-0.2, 0) is 4.79 Å². The van der Waals surface area contributed by atoms with E-state index in [0.29, 0.717) is 105 Å². The highest BCUT2D eigenvalue weighted by molar-refractivity contribution is 6.29. The van der Waals surface area contributed by atoms with Crippen LogP contribution in [0.3, 0.4) is 0 Å². The highest BCUT2D eigenvalue weighted by Crippen LogP contribution is 2.44. The van der Waals surface area contributed by atoms with E-state index in [-0.39, 0.29) is 53.2 Å². The summed E-state index contributed by atoms with van der Waals surface area (Å²) in [7, 11) is 3.10. The van der Waals surface area contributed by atoms with Crippen LogP contribution in [0.5, 0.6) is 28.7 Å². The molecule has 10 rings (SSSR count). The van der Waals surface area contributed by atoms with Crippen molar-refractivity contribution in [2.45, 2.75) is 202 Å². The van der Waals surface area contributed by atoms with Gasteiger partial charge in [0.2, 0.25) is 0 Å². The zero-order valence-electron chi connectivity index (χ0n) is 57.4. The standard InChI is InChI=1S/C29H41NO4.C26H33NO3.C24H27NO5/c1-5-8-10-11-12-13-19-34-25-18-16-23-26-22(15-17-24(33-4)27(25)26)28(31)30(29(23)32)20-21(7-3)14-9-6-2;1-3-5-10-18(4-2)17-27-25(28)21-14-9-13-20-23(30-19-11-7-6-8-12-19)16-15-22(24(20)21)26(27)29;1-5-8-9-15(6-2)14-25-23(27)16-10-12-18(29-4)22-19(30-20(26)7-3)13-11-17(21(16)22)24(25)28/h15-18,21H,5-14,19-20H2,1-4H3;9,13-16,18-19H,3-8,10-12,17H2,1-2H3;7,10-13,15H,3,5-6,8-9,14H2,1-2,4H3. The number of methoxy groups -OCH3 is 2. The lowest BCUT2D eigenvalue weighted by atomic mass is 9.91. The molecule has 3 atom stereocenters. The third-order valence-electron chi connectivity index (χ3n) is 19.4. The van der Waals surface area contributed by atoms with Gasteiger partial charge in [-0.2, -0.15) is 0 Å². The fourth-order valence-electron chi connectivity index (χ4n) is 13.7. The molecule has 504 valence electrons. The molecule has 0 bridgehead atoms. The molecule has 1 fully saturated rings. The number of ether oxygens (including phenoxy) is 5. The van der Waals surface area contributed by atoms with E-state index in [2.05, 4.69) is 55.0 Å². The van der Waals surface area contributed by atoms with Crippen LogP contribution in [0.25, 0.3) is 32.3 Å². The van der Waals surface area contributed by atoms with Gasteiger partial charge >= 0.3 is 5.97 Å². The fourth-order valence-corrected chi connectivity index (χ4v) is 13.7. The molecule has 6 aromatic rings. The summed E-state index contributed by atoms with van der Waals surface area (Å²) >= 11 is 0. The molecule has 0 radical (unpaired) electrons. The van der Waals surface area contributed by atoms with Gasteiger partial charge in [0.25, 0.3) is 35.4 Å². The maximum Gasteiger partial charge on any atom is 0.335 e. The SMILES string of the molecule is C=CC(=O)Oc1ccc2c3c(ccc(OC)c13)C(=O)N(CC(CC)CCCC)C2=O.CCCCC(CC)CN1C(=O)c2cccc3c(OC4CCCCC4)ccc(c23)C1=O.CCCCCCCCOc1ccc2c3c(ccc(OC)c13)C(=O)N(CC(CC)CCCC)C2=O. The summed E-state index contributed by atoms with van der Waals surface area (Å²) in [6, 6.07) is 23.3. The number of imide groups is 3. The van der Waals surface area contributed by atoms with E-state index in [0.717, 1.165) is 131 Å². The van der Waals surface area contributed by atoms with Gasteiger partial charge in [0.1, 0.15) is 28.7 Å². The minimum absolute atomic E-state index is 0.164. The molecule has 0 spiro atoms. The Kier molecular flexibility index (Phi) is 26.6. The van der Waals surface area contributed by atoms with Crippen molar-refractivity contribution in [3.05, 3.63) is 125 Å². The highest BCUT2D eigenvalue weighted by atomic mass is 16.5. The Morgan fingerprint density at radius 3 is 1.26 bits per heavy atom. The van der Waals surface area contributed by atoms with Gasteiger partial charge < -0.3 is 23.7 Å². The van der Waals surface area contributed by atoms with Crippen molar-refractivity contribution in [2.24, 2.45) is 17.8 Å². The average molecular weight is 1280 g/mol. The predicted molar refractivity (Wildman–Crippen MR) is 373 cm³/mol. The third kappa shape index (κ3) is 16.3. The Morgan fingerprint density at radius 1 is 0.447 bits per heavy atom. The number of rotatable bonds is 32. The summed E-state index contributed by atoms with van der Waals surface area (Å²) < 4.78 is 28.9. The van der Waals surface area contributed by atoms with Crippen LogP contribution >= 0.6 is 0 Å². The second kappa shape index (κ2) is 34.9. The first kappa shape index (κ1) is 71.8. The van der Waals surface area contributed by atoms with Gasteiger partial charge in [-0.3, -0.25) is 43.5 Å². The molecule has 1 saturated carbocycles. The fraction of sp³-hybridized carbons (Fsp3) is 0.506. The molecule has 1 aliphatic carbocycles. The lowest BCUT2D eigenvalue weighted by molar-refractivity contribution is -0.128. The van der Waals surface area contributed by atoms with Crippen LogP contribution < -0.4 is 23.7 Å². The van der Waals surface area contributed by atoms with E-state index < -0.39 is 5.97 Å². The summed E-state index contributed by atoms with van der Waals surface area (Å²) in [6.45, 7) is 20.4. The maximum absolute atomic E-state index is 13.5. The lowest BCUT2D eigenvalue weighted by Crippen LogP contribution is -2.43. The Labute approximate surface area is 557 Å². The van der Waals surface area contributed by atoms with Gasteiger partial charge in [0.05, 0.1) is 37.7 Å². The molecule has 0 aromatic heterocycles. The van der Waals surface area contributed by atoms with E-state index in [1.807, 2.05) is 48.5 Å². The van der Waals surface area contributed by atoms with Crippen LogP contribution in [0, 0.1) is 17.8 Å². The molecular weight excluding hydrogens is 1180 g/mol. The zero-order valence-corrected chi connectivity index (χ0v) is 57.4. The number of hydrogen-bond donors (Lipinski definition) is 0. The van der Waals surface area contributed by atoms with E-state index in [1.54, 1.807) is 37.4 Å². The number of esters is 1. The Hall–Kier alpha value is -8.07. The minimum Gasteiger partial charge on any atom is -0.496 e. The summed E-state index contributed by atoms with van der Waals surface area (Å²) in [6.07, 6.45) is 26.8. The van der Waals surface area contributed by atoms with Gasteiger partial charge in [-0.05, 0) is 136 Å². The molecule has 4 aliphatic rings. The number of benzene rings is 6. The second-order valence-corrected chi connectivity index (χ2v) is 25.7. The van der Waals surface area contributed by atoms with E-state index in [9.17, 15) is 33.6 Å². The zero-order chi connectivity index (χ0) is 67.4. The lowest BCUT2D eigenvalue weighted by Gasteiger charge is -2.31. The molecular formula is C79H101N3O12. The summed E-state index contributed by atoms with van der Waals surface area (Å²) in [5, 5.41) is 3.92. The largest absolute Gasteiger partial charge is 0.496 e. The number of nitrogens with zero attached hydrogens (tertiary/aromatic N) is 3. The summed E-state index contributed by atoms with van der Waals surface area (Å²) in [5.41, 5.74) is 3.18. The smallest absolute Gasteiger partial charge is 0.335 e. The monoisotopic (exact) mass is 1280 g/mol. The number of amides is 6. The molecule has 15 heteroatoms. The van der Waals surface area contributed by atoms with Crippen LogP contribution in [0.4, 0.5) is 0 Å². The van der Waals surface area contributed by atoms with Crippen LogP contribution in [0.2, 0.25) is 0 Å². The Bertz CT molecular complexity index is 3610. The van der Waals surface area contributed by atoms with Crippen molar-refractivity contribution in [3.63, 3.8) is 0 Å². The number of carbonyl (C=O) groups is 7. The van der Waals surface area contributed by atoms with Gasteiger partial charge in [0, 0.05) is 80.6 Å². The summed E-state index contributed by atoms with van der Waals surface area (Å²) in [4.78, 5) is 96.1. The van der Waals surface area contributed by atoms with Crippen molar-refractivity contribution in [1.82, 2.24) is 14.7 Å². The van der Waals surface area contributed by atoms with Gasteiger partial charge in [-0.1, -0.05) is 163 Å². The van der Waals surface area contributed by atoms with E-state index in [4.69, 9.17) is 23.7 Å². The normalized spacial score (nSPS) is 15.4. The van der Waals surface area contributed by atoms with Crippen molar-refractivity contribution < 1.29 is 57.2 Å². The minimum atomic E-state index is -0.630. The van der Waals surface area contributed by atoms with Crippen molar-refractivity contribution >= 4 is 73.7 Å². The topological polar surface area (TPSA) is 175 Å². The quantitative estimate of drug-likeness (QED) is 0.0129. The first-order valence-electron chi connectivity index (χ1n) is 35.2. The van der Waals surface area contributed by atoms with Gasteiger partial charge in [-0.25, -0.2) is 4.79 Å². The van der Waals surface area contributed by atoms with Crippen LogP contribution in [0.15, 0.2) is 91.5 Å².